The lowest BCUT2D eigenvalue weighted by atomic mass is 10.1. The van der Waals surface area contributed by atoms with E-state index < -0.39 is 6.61 Å². The van der Waals surface area contributed by atoms with E-state index in [9.17, 15) is 8.78 Å². The lowest BCUT2D eigenvalue weighted by Crippen LogP contribution is -2.15. The summed E-state index contributed by atoms with van der Waals surface area (Å²) in [4.78, 5) is 9.26. The Balaban J connectivity index is 1.84. The van der Waals surface area contributed by atoms with Crippen molar-refractivity contribution >= 4 is 0 Å². The van der Waals surface area contributed by atoms with E-state index in [-0.39, 0.29) is 11.9 Å². The van der Waals surface area contributed by atoms with Gasteiger partial charge in [0.15, 0.2) is 0 Å². The second kappa shape index (κ2) is 7.91. The maximum absolute atomic E-state index is 12.6. The molecule has 3 heterocycles. The molecule has 0 aliphatic carbocycles. The van der Waals surface area contributed by atoms with Gasteiger partial charge in [0.2, 0.25) is 0 Å². The Hall–Kier alpha value is -2.80. The summed E-state index contributed by atoms with van der Waals surface area (Å²) in [5, 5.41) is 0. The van der Waals surface area contributed by atoms with E-state index in [4.69, 9.17) is 9.72 Å². The normalized spacial score (nSPS) is 16.6. The highest BCUT2D eigenvalue weighted by atomic mass is 19.3. The Morgan fingerprint density at radius 3 is 2.72 bits per heavy atom. The van der Waals surface area contributed by atoms with Crippen molar-refractivity contribution in [3.05, 3.63) is 53.5 Å². The molecule has 3 aromatic rings. The molecule has 5 nitrogen and oxygen atoms in total. The summed E-state index contributed by atoms with van der Waals surface area (Å²) in [5.74, 6) is 0.974. The molecule has 0 saturated carbocycles. The van der Waals surface area contributed by atoms with E-state index in [2.05, 4.69) is 14.3 Å². The van der Waals surface area contributed by atoms with Crippen LogP contribution < -0.4 is 4.74 Å². The van der Waals surface area contributed by atoms with Crippen LogP contribution in [0.2, 0.25) is 0 Å². The number of alkyl halides is 2. The lowest BCUT2D eigenvalue weighted by molar-refractivity contribution is -0.0502. The van der Waals surface area contributed by atoms with E-state index in [0.29, 0.717) is 18.7 Å². The number of rotatable bonds is 4. The van der Waals surface area contributed by atoms with Crippen LogP contribution in [-0.4, -0.2) is 33.9 Å². The largest absolute Gasteiger partial charge is 0.435 e. The fraction of sp³-hybridized carbons (Fsp3) is 0.364. The maximum atomic E-state index is 12.6. The molecule has 1 aromatic carbocycles. The van der Waals surface area contributed by atoms with Gasteiger partial charge in [-0.15, -0.1) is 0 Å². The first-order valence-electron chi connectivity index (χ1n) is 9.62. The van der Waals surface area contributed by atoms with E-state index in [1.54, 1.807) is 25.3 Å². The number of aromatic nitrogens is 3. The van der Waals surface area contributed by atoms with Gasteiger partial charge in [0.1, 0.15) is 11.6 Å². The van der Waals surface area contributed by atoms with Crippen LogP contribution in [0.1, 0.15) is 23.9 Å². The van der Waals surface area contributed by atoms with Gasteiger partial charge < -0.3 is 14.0 Å². The van der Waals surface area contributed by atoms with Gasteiger partial charge in [-0.05, 0) is 56.7 Å². The van der Waals surface area contributed by atoms with Crippen LogP contribution in [0.25, 0.3) is 22.6 Å². The molecule has 1 aliphatic rings. The molecule has 0 fully saturated rings. The molecule has 0 bridgehead atoms. The molecule has 2 aromatic heterocycles. The van der Waals surface area contributed by atoms with Gasteiger partial charge in [-0.3, -0.25) is 4.98 Å². The monoisotopic (exact) mass is 399 g/mol. The van der Waals surface area contributed by atoms with E-state index in [1.807, 2.05) is 32.0 Å². The van der Waals surface area contributed by atoms with Crippen LogP contribution in [0.3, 0.4) is 0 Å². The number of benzene rings is 1. The molecular formula is C22H23F2N3O2. The molecule has 0 spiro atoms. The van der Waals surface area contributed by atoms with Crippen LogP contribution in [0.15, 0.2) is 36.5 Å². The summed E-state index contributed by atoms with van der Waals surface area (Å²) < 4.78 is 37.8. The molecule has 0 radical (unpaired) electrons. The summed E-state index contributed by atoms with van der Waals surface area (Å²) in [6, 6.07) is 9.17. The molecule has 29 heavy (non-hydrogen) atoms. The van der Waals surface area contributed by atoms with Crippen molar-refractivity contribution < 1.29 is 18.3 Å². The summed E-state index contributed by atoms with van der Waals surface area (Å²) in [6.45, 7) is 4.21. The van der Waals surface area contributed by atoms with Gasteiger partial charge in [-0.25, -0.2) is 4.98 Å². The third-order valence-electron chi connectivity index (χ3n) is 5.07. The van der Waals surface area contributed by atoms with Crippen LogP contribution in [0, 0.1) is 13.8 Å². The van der Waals surface area contributed by atoms with Gasteiger partial charge in [0, 0.05) is 35.1 Å². The van der Waals surface area contributed by atoms with Crippen LogP contribution in [-0.2, 0) is 17.7 Å². The number of nitrogens with zero attached hydrogens (tertiary/aromatic N) is 3. The van der Waals surface area contributed by atoms with Crippen LogP contribution in [0.4, 0.5) is 8.78 Å². The zero-order valence-electron chi connectivity index (χ0n) is 16.7. The molecule has 0 amide bonds. The van der Waals surface area contributed by atoms with Gasteiger partial charge in [-0.1, -0.05) is 0 Å². The second-order valence-corrected chi connectivity index (χ2v) is 7.32. The Morgan fingerprint density at radius 2 is 2.00 bits per heavy atom. The third kappa shape index (κ3) is 4.00. The first-order valence-corrected chi connectivity index (χ1v) is 9.62. The molecular weight excluding hydrogens is 376 g/mol. The average Bonchev–Trinajstić information content (AvgIpc) is 2.90. The molecule has 1 aliphatic heterocycles. The minimum absolute atomic E-state index is 0.0544. The molecule has 152 valence electrons. The predicted molar refractivity (Wildman–Crippen MR) is 106 cm³/mol. The molecule has 0 N–H and O–H groups in total. The zero-order chi connectivity index (χ0) is 20.5. The van der Waals surface area contributed by atoms with Crippen molar-refractivity contribution in [2.24, 2.45) is 0 Å². The number of hydrogen-bond donors (Lipinski definition) is 0. The molecule has 0 saturated heterocycles. The average molecular weight is 399 g/mol. The number of hydrogen-bond acceptors (Lipinski definition) is 4. The third-order valence-corrected chi connectivity index (χ3v) is 5.07. The van der Waals surface area contributed by atoms with Crippen molar-refractivity contribution in [3.8, 4) is 28.4 Å². The van der Waals surface area contributed by atoms with Gasteiger partial charge in [0.25, 0.3) is 0 Å². The van der Waals surface area contributed by atoms with Crippen LogP contribution in [0.5, 0.6) is 5.75 Å². The van der Waals surface area contributed by atoms with Crippen molar-refractivity contribution in [2.45, 2.75) is 46.5 Å². The fourth-order valence-corrected chi connectivity index (χ4v) is 3.76. The quantitative estimate of drug-likeness (QED) is 0.633. The number of imidazole rings is 1. The summed E-state index contributed by atoms with van der Waals surface area (Å²) >= 11 is 0. The highest BCUT2D eigenvalue weighted by Crippen LogP contribution is 2.33. The topological polar surface area (TPSA) is 49.2 Å². The highest BCUT2D eigenvalue weighted by Gasteiger charge is 2.24. The predicted octanol–water partition coefficient (Wildman–Crippen LogP) is 4.79. The smallest absolute Gasteiger partial charge is 0.387 e. The SMILES string of the molecule is Cc1cc(-c2nc(-c3ccc(OC(F)F)c(C)c3)n3c2CCO[C@H](C)C3)ccn1. The minimum atomic E-state index is -2.85. The number of ether oxygens (including phenoxy) is 2. The summed E-state index contributed by atoms with van der Waals surface area (Å²) in [7, 11) is 0. The maximum Gasteiger partial charge on any atom is 0.387 e. The molecule has 4 rings (SSSR count). The standard InChI is InChI=1S/C22H23F2N3O2/c1-13-10-17(4-5-19(13)29-22(23)24)21-26-20(16-6-8-25-14(2)11-16)18-7-9-28-15(3)12-27(18)21/h4-6,8,10-11,15,22H,7,9,12H2,1-3H3/t15-/m1/s1. The van der Waals surface area contributed by atoms with E-state index in [0.717, 1.165) is 40.5 Å². The van der Waals surface area contributed by atoms with E-state index >= 15 is 0 Å². The zero-order valence-corrected chi connectivity index (χ0v) is 16.7. The molecule has 7 heteroatoms. The Bertz CT molecular complexity index is 1030. The number of pyridine rings is 1. The van der Waals surface area contributed by atoms with Crippen LogP contribution >= 0.6 is 0 Å². The first-order chi connectivity index (χ1) is 13.9. The van der Waals surface area contributed by atoms with Gasteiger partial charge >= 0.3 is 6.61 Å². The lowest BCUT2D eigenvalue weighted by Gasteiger charge is -2.14. The second-order valence-electron chi connectivity index (χ2n) is 7.32. The van der Waals surface area contributed by atoms with E-state index in [1.165, 1.54) is 0 Å². The number of fused-ring (bicyclic) bond motifs is 1. The van der Waals surface area contributed by atoms with Gasteiger partial charge in [-0.2, -0.15) is 8.78 Å². The van der Waals surface area contributed by atoms with Crippen molar-refractivity contribution in [1.82, 2.24) is 14.5 Å². The number of aryl methyl sites for hydroxylation is 2. The Labute approximate surface area is 168 Å². The molecule has 1 atom stereocenters. The Kier molecular flexibility index (Phi) is 5.32. The number of halogens is 2. The Morgan fingerprint density at radius 1 is 1.17 bits per heavy atom. The van der Waals surface area contributed by atoms with Crippen molar-refractivity contribution in [1.29, 1.82) is 0 Å². The summed E-state index contributed by atoms with van der Waals surface area (Å²) in [5.41, 5.74) is 5.45. The minimum Gasteiger partial charge on any atom is -0.435 e. The summed E-state index contributed by atoms with van der Waals surface area (Å²) in [6.07, 6.45) is 2.59. The highest BCUT2D eigenvalue weighted by molar-refractivity contribution is 5.69. The fourth-order valence-electron chi connectivity index (χ4n) is 3.76. The first kappa shape index (κ1) is 19.5. The van der Waals surface area contributed by atoms with Gasteiger partial charge in [0.05, 0.1) is 24.9 Å². The molecule has 0 unspecified atom stereocenters. The van der Waals surface area contributed by atoms with Crippen molar-refractivity contribution in [3.63, 3.8) is 0 Å². The van der Waals surface area contributed by atoms with Crippen molar-refractivity contribution in [2.75, 3.05) is 6.61 Å².